The number of hydrogen-bond donors (Lipinski definition) is 1. The Morgan fingerprint density at radius 1 is 1.29 bits per heavy atom. The van der Waals surface area contributed by atoms with Gasteiger partial charge in [-0.15, -0.1) is 0 Å². The van der Waals surface area contributed by atoms with Crippen LogP contribution in [0.4, 0.5) is 13.2 Å². The smallest absolute Gasteiger partial charge is 0.352 e. The van der Waals surface area contributed by atoms with Crippen molar-refractivity contribution in [1.29, 1.82) is 0 Å². The number of hydrogen-bond acceptors (Lipinski definition) is 2. The summed E-state index contributed by atoms with van der Waals surface area (Å²) in [5.41, 5.74) is -2.46. The number of halogens is 4. The first-order valence-electron chi connectivity index (χ1n) is 7.18. The van der Waals surface area contributed by atoms with E-state index < -0.39 is 29.1 Å². The van der Waals surface area contributed by atoms with Crippen LogP contribution < -0.4 is 5.32 Å². The molecule has 2 amide bonds. The lowest BCUT2D eigenvalue weighted by Crippen LogP contribution is -2.63. The Balaban J connectivity index is 2.41. The summed E-state index contributed by atoms with van der Waals surface area (Å²) in [7, 11) is 0. The van der Waals surface area contributed by atoms with Crippen molar-refractivity contribution in [3.05, 3.63) is 40.9 Å². The molecule has 0 unspecified atom stereocenters. The van der Waals surface area contributed by atoms with E-state index in [1.54, 1.807) is 0 Å². The van der Waals surface area contributed by atoms with Crippen molar-refractivity contribution in [3.63, 3.8) is 0 Å². The van der Waals surface area contributed by atoms with E-state index in [9.17, 15) is 22.8 Å². The lowest BCUT2D eigenvalue weighted by Gasteiger charge is -2.40. The molecule has 0 bridgehead atoms. The SMILES string of the molecule is CC1(C)C(=O)NCCN1C(=O)/C=C(/c1ccc(Cl)cc1)C(F)(F)F. The van der Waals surface area contributed by atoms with Gasteiger partial charge in [0.15, 0.2) is 0 Å². The van der Waals surface area contributed by atoms with Gasteiger partial charge < -0.3 is 10.2 Å². The summed E-state index contributed by atoms with van der Waals surface area (Å²) in [5, 5.41) is 2.88. The quantitative estimate of drug-likeness (QED) is 0.824. The fourth-order valence-corrected chi connectivity index (χ4v) is 2.57. The lowest BCUT2D eigenvalue weighted by atomic mass is 9.97. The number of allylic oxidation sites excluding steroid dienone is 1. The Kier molecular flexibility index (Phi) is 4.94. The van der Waals surface area contributed by atoms with E-state index in [0.717, 1.165) is 4.90 Å². The lowest BCUT2D eigenvalue weighted by molar-refractivity contribution is -0.146. The van der Waals surface area contributed by atoms with Crippen LogP contribution in [0.25, 0.3) is 5.57 Å². The highest BCUT2D eigenvalue weighted by molar-refractivity contribution is 6.30. The van der Waals surface area contributed by atoms with Crippen LogP contribution in [0.5, 0.6) is 0 Å². The minimum Gasteiger partial charge on any atom is -0.352 e. The maximum absolute atomic E-state index is 13.4. The number of piperazine rings is 1. The third-order valence-electron chi connectivity index (χ3n) is 3.85. The molecule has 0 radical (unpaired) electrons. The number of nitrogens with one attached hydrogen (secondary N) is 1. The number of amides is 2. The largest absolute Gasteiger partial charge is 0.417 e. The first kappa shape index (κ1) is 18.3. The molecule has 0 saturated carbocycles. The maximum Gasteiger partial charge on any atom is 0.417 e. The molecule has 1 fully saturated rings. The molecule has 0 spiro atoms. The molecule has 4 nitrogen and oxygen atoms in total. The first-order valence-corrected chi connectivity index (χ1v) is 7.56. The molecule has 1 N–H and O–H groups in total. The van der Waals surface area contributed by atoms with Crippen LogP contribution in [0.15, 0.2) is 30.3 Å². The summed E-state index contributed by atoms with van der Waals surface area (Å²) < 4.78 is 40.1. The Bertz CT molecular complexity index is 682. The summed E-state index contributed by atoms with van der Waals surface area (Å²) in [6.45, 7) is 3.32. The van der Waals surface area contributed by atoms with Crippen LogP contribution in [0.2, 0.25) is 5.02 Å². The summed E-state index contributed by atoms with van der Waals surface area (Å²) in [6, 6.07) is 5.03. The van der Waals surface area contributed by atoms with Crippen molar-refractivity contribution in [2.45, 2.75) is 25.6 Å². The Hall–Kier alpha value is -2.02. The van der Waals surface area contributed by atoms with Gasteiger partial charge in [0.1, 0.15) is 5.54 Å². The fraction of sp³-hybridized carbons (Fsp3) is 0.375. The van der Waals surface area contributed by atoms with E-state index >= 15 is 0 Å². The Morgan fingerprint density at radius 2 is 1.88 bits per heavy atom. The van der Waals surface area contributed by atoms with E-state index in [1.807, 2.05) is 0 Å². The van der Waals surface area contributed by atoms with Crippen molar-refractivity contribution in [2.75, 3.05) is 13.1 Å². The topological polar surface area (TPSA) is 49.4 Å². The van der Waals surface area contributed by atoms with Gasteiger partial charge in [-0.3, -0.25) is 9.59 Å². The van der Waals surface area contributed by atoms with Crippen LogP contribution in [-0.4, -0.2) is 41.5 Å². The Morgan fingerprint density at radius 3 is 2.42 bits per heavy atom. The number of carbonyl (C=O) groups is 2. The summed E-state index contributed by atoms with van der Waals surface area (Å²) in [5.74, 6) is -1.27. The predicted octanol–water partition coefficient (Wildman–Crippen LogP) is 3.02. The van der Waals surface area contributed by atoms with Crippen molar-refractivity contribution >= 4 is 29.0 Å². The zero-order valence-electron chi connectivity index (χ0n) is 13.1. The molecule has 1 aromatic carbocycles. The van der Waals surface area contributed by atoms with Gasteiger partial charge in [-0.2, -0.15) is 13.2 Å². The second kappa shape index (κ2) is 6.47. The molecule has 24 heavy (non-hydrogen) atoms. The van der Waals surface area contributed by atoms with Gasteiger partial charge in [0.25, 0.3) is 0 Å². The van der Waals surface area contributed by atoms with Crippen LogP contribution in [0, 0.1) is 0 Å². The first-order chi connectivity index (χ1) is 11.0. The van der Waals surface area contributed by atoms with Gasteiger partial charge >= 0.3 is 6.18 Å². The Labute approximate surface area is 142 Å². The van der Waals surface area contributed by atoms with Gasteiger partial charge in [-0.25, -0.2) is 0 Å². The molecule has 8 heteroatoms. The molecule has 1 aromatic rings. The van der Waals surface area contributed by atoms with E-state index in [0.29, 0.717) is 11.1 Å². The average Bonchev–Trinajstić information content (AvgIpc) is 2.47. The number of rotatable bonds is 2. The van der Waals surface area contributed by atoms with Crippen molar-refractivity contribution in [3.8, 4) is 0 Å². The standard InChI is InChI=1S/C16H16ClF3N2O2/c1-15(2)14(24)21-7-8-22(15)13(23)9-12(16(18,19)20)10-3-5-11(17)6-4-10/h3-6,9H,7-8H2,1-2H3,(H,21,24)/b12-9-. The average molecular weight is 361 g/mol. The van der Waals surface area contributed by atoms with Crippen LogP contribution in [0.3, 0.4) is 0 Å². The van der Waals surface area contributed by atoms with Crippen LogP contribution in [-0.2, 0) is 9.59 Å². The third kappa shape index (κ3) is 3.72. The predicted molar refractivity (Wildman–Crippen MR) is 84.3 cm³/mol. The second-order valence-electron chi connectivity index (χ2n) is 5.87. The normalized spacial score (nSPS) is 18.3. The van der Waals surface area contributed by atoms with Gasteiger partial charge in [-0.05, 0) is 31.5 Å². The van der Waals surface area contributed by atoms with Gasteiger partial charge in [-0.1, -0.05) is 23.7 Å². The molecule has 1 aliphatic heterocycles. The molecule has 130 valence electrons. The van der Waals surface area contributed by atoms with Crippen LogP contribution >= 0.6 is 11.6 Å². The number of benzene rings is 1. The van der Waals surface area contributed by atoms with Crippen molar-refractivity contribution < 1.29 is 22.8 Å². The molecule has 0 aromatic heterocycles. The molecule has 1 heterocycles. The van der Waals surface area contributed by atoms with Gasteiger partial charge in [0, 0.05) is 24.2 Å². The highest BCUT2D eigenvalue weighted by Gasteiger charge is 2.41. The van der Waals surface area contributed by atoms with E-state index in [-0.39, 0.29) is 18.7 Å². The highest BCUT2D eigenvalue weighted by Crippen LogP contribution is 2.35. The number of nitrogens with zero attached hydrogens (tertiary/aromatic N) is 1. The maximum atomic E-state index is 13.4. The molecule has 1 aliphatic rings. The molecular weight excluding hydrogens is 345 g/mol. The highest BCUT2D eigenvalue weighted by atomic mass is 35.5. The molecule has 2 rings (SSSR count). The van der Waals surface area contributed by atoms with E-state index in [4.69, 9.17) is 11.6 Å². The minimum atomic E-state index is -4.72. The molecule has 0 aliphatic carbocycles. The monoisotopic (exact) mass is 360 g/mol. The van der Waals surface area contributed by atoms with Gasteiger partial charge in [0.2, 0.25) is 11.8 Å². The molecule has 0 atom stereocenters. The van der Waals surface area contributed by atoms with E-state index in [2.05, 4.69) is 5.32 Å². The zero-order valence-corrected chi connectivity index (χ0v) is 13.8. The van der Waals surface area contributed by atoms with E-state index in [1.165, 1.54) is 38.1 Å². The zero-order chi connectivity index (χ0) is 18.1. The number of carbonyl (C=O) groups excluding carboxylic acids is 2. The van der Waals surface area contributed by atoms with Crippen molar-refractivity contribution in [1.82, 2.24) is 10.2 Å². The molecular formula is C16H16ClF3N2O2. The minimum absolute atomic E-state index is 0.139. The van der Waals surface area contributed by atoms with Crippen molar-refractivity contribution in [2.24, 2.45) is 0 Å². The molecule has 1 saturated heterocycles. The summed E-state index contributed by atoms with van der Waals surface area (Å²) in [4.78, 5) is 25.4. The third-order valence-corrected chi connectivity index (χ3v) is 4.10. The van der Waals surface area contributed by atoms with Crippen LogP contribution in [0.1, 0.15) is 19.4 Å². The number of alkyl halides is 3. The van der Waals surface area contributed by atoms with Gasteiger partial charge in [0.05, 0.1) is 5.57 Å². The summed E-state index contributed by atoms with van der Waals surface area (Å²) >= 11 is 5.69. The second-order valence-corrected chi connectivity index (χ2v) is 6.30. The summed E-state index contributed by atoms with van der Waals surface area (Å²) in [6.07, 6.45) is -4.19. The fourth-order valence-electron chi connectivity index (χ4n) is 2.44.